The van der Waals surface area contributed by atoms with E-state index in [0.717, 1.165) is 22.4 Å². The van der Waals surface area contributed by atoms with E-state index in [1.165, 1.54) is 0 Å². The molecule has 0 saturated carbocycles. The fraction of sp³-hybridized carbons (Fsp3) is 0.250. The number of nitrogen functional groups attached to an aromatic ring is 1. The van der Waals surface area contributed by atoms with Gasteiger partial charge in [0, 0.05) is 31.2 Å². The van der Waals surface area contributed by atoms with Crippen molar-refractivity contribution in [3.05, 3.63) is 60.4 Å². The van der Waals surface area contributed by atoms with Crippen LogP contribution in [0.5, 0.6) is 0 Å². The fourth-order valence-corrected chi connectivity index (χ4v) is 3.16. The first-order valence-corrected chi connectivity index (χ1v) is 9.01. The van der Waals surface area contributed by atoms with Crippen molar-refractivity contribution in [2.24, 2.45) is 13.0 Å². The van der Waals surface area contributed by atoms with Crippen LogP contribution in [0.1, 0.15) is 31.2 Å². The molecule has 0 aliphatic heterocycles. The topological polar surface area (TPSA) is 109 Å². The second kappa shape index (κ2) is 7.22. The van der Waals surface area contributed by atoms with E-state index in [1.807, 2.05) is 37.6 Å². The lowest BCUT2D eigenvalue weighted by atomic mass is 9.88. The van der Waals surface area contributed by atoms with Crippen LogP contribution in [0, 0.1) is 5.92 Å². The van der Waals surface area contributed by atoms with Gasteiger partial charge in [0.15, 0.2) is 5.82 Å². The second-order valence-electron chi connectivity index (χ2n) is 7.03. The number of aryl methyl sites for hydroxylation is 1. The third-order valence-corrected chi connectivity index (χ3v) is 4.57. The van der Waals surface area contributed by atoms with E-state index >= 15 is 0 Å². The smallest absolute Gasteiger partial charge is 0.261 e. The maximum atomic E-state index is 5.65. The van der Waals surface area contributed by atoms with Gasteiger partial charge in [-0.15, -0.1) is 0 Å². The number of anilines is 1. The maximum Gasteiger partial charge on any atom is 0.261 e. The average Bonchev–Trinajstić information content (AvgIpc) is 3.32. The van der Waals surface area contributed by atoms with E-state index in [-0.39, 0.29) is 11.8 Å². The summed E-state index contributed by atoms with van der Waals surface area (Å²) in [5, 5.41) is 8.37. The van der Waals surface area contributed by atoms with Crippen molar-refractivity contribution >= 4 is 5.82 Å². The molecule has 0 radical (unpaired) electrons. The molecule has 2 N–H and O–H groups in total. The third kappa shape index (κ3) is 3.48. The van der Waals surface area contributed by atoms with Crippen LogP contribution in [0.3, 0.4) is 0 Å². The highest BCUT2D eigenvalue weighted by molar-refractivity contribution is 5.59. The predicted molar refractivity (Wildman–Crippen MR) is 105 cm³/mol. The van der Waals surface area contributed by atoms with Crippen LogP contribution in [-0.2, 0) is 7.05 Å². The monoisotopic (exact) mass is 375 g/mol. The number of nitrogens with two attached hydrogens (primary N) is 1. The van der Waals surface area contributed by atoms with Crippen molar-refractivity contribution < 1.29 is 4.52 Å². The molecule has 4 rings (SSSR count). The van der Waals surface area contributed by atoms with Gasteiger partial charge in [0.1, 0.15) is 5.82 Å². The Morgan fingerprint density at radius 3 is 2.46 bits per heavy atom. The minimum atomic E-state index is -0.0275. The highest BCUT2D eigenvalue weighted by atomic mass is 16.5. The van der Waals surface area contributed by atoms with E-state index in [9.17, 15) is 0 Å². The largest absolute Gasteiger partial charge is 0.384 e. The SMILES string of the molecule is CC(C)[C@H](c1ccc(-c2ccc(N)nc2)nc1)c1noc(-c2cnn(C)c2)n1. The lowest BCUT2D eigenvalue weighted by molar-refractivity contribution is 0.409. The molecule has 0 aliphatic carbocycles. The molecule has 0 spiro atoms. The van der Waals surface area contributed by atoms with Crippen LogP contribution in [-0.4, -0.2) is 29.9 Å². The van der Waals surface area contributed by atoms with Gasteiger partial charge >= 0.3 is 0 Å². The Hall–Kier alpha value is -3.55. The zero-order chi connectivity index (χ0) is 19.7. The van der Waals surface area contributed by atoms with Crippen LogP contribution in [0.15, 0.2) is 53.6 Å². The Balaban J connectivity index is 1.63. The van der Waals surface area contributed by atoms with Crippen molar-refractivity contribution in [3.63, 3.8) is 0 Å². The standard InChI is InChI=1S/C20H21N7O/c1-12(2)18(19-25-20(28-26-19)15-10-24-27(3)11-15)14-4-6-16(22-9-14)13-5-7-17(21)23-8-13/h4-12,18H,1-3H3,(H2,21,23)/t18-/m1/s1. The third-order valence-electron chi connectivity index (χ3n) is 4.57. The summed E-state index contributed by atoms with van der Waals surface area (Å²) in [5.41, 5.74) is 9.23. The molecule has 0 saturated heterocycles. The zero-order valence-electron chi connectivity index (χ0n) is 15.9. The number of nitrogens with zero attached hydrogens (tertiary/aromatic N) is 6. The Labute approximate surface area is 162 Å². The molecule has 4 heterocycles. The van der Waals surface area contributed by atoms with Gasteiger partial charge in [0.05, 0.1) is 23.4 Å². The van der Waals surface area contributed by atoms with Crippen molar-refractivity contribution in [1.82, 2.24) is 29.9 Å². The summed E-state index contributed by atoms with van der Waals surface area (Å²) in [6, 6.07) is 7.69. The maximum absolute atomic E-state index is 5.65. The first kappa shape index (κ1) is 17.8. The van der Waals surface area contributed by atoms with Crippen molar-refractivity contribution in [1.29, 1.82) is 0 Å². The van der Waals surface area contributed by atoms with Crippen LogP contribution in [0.25, 0.3) is 22.7 Å². The van der Waals surface area contributed by atoms with E-state index < -0.39 is 0 Å². The van der Waals surface area contributed by atoms with Gasteiger partial charge in [-0.3, -0.25) is 9.67 Å². The van der Waals surface area contributed by atoms with Crippen LogP contribution < -0.4 is 5.73 Å². The summed E-state index contributed by atoms with van der Waals surface area (Å²) in [5.74, 6) is 1.83. The van der Waals surface area contributed by atoms with E-state index in [0.29, 0.717) is 17.5 Å². The Kier molecular flexibility index (Phi) is 4.60. The summed E-state index contributed by atoms with van der Waals surface area (Å²) in [4.78, 5) is 13.3. The van der Waals surface area contributed by atoms with Crippen molar-refractivity contribution in [2.45, 2.75) is 19.8 Å². The predicted octanol–water partition coefficient (Wildman–Crippen LogP) is 3.30. The Morgan fingerprint density at radius 1 is 1.00 bits per heavy atom. The zero-order valence-corrected chi connectivity index (χ0v) is 15.9. The van der Waals surface area contributed by atoms with Gasteiger partial charge < -0.3 is 10.3 Å². The van der Waals surface area contributed by atoms with E-state index in [4.69, 9.17) is 10.3 Å². The van der Waals surface area contributed by atoms with Crippen LogP contribution in [0.4, 0.5) is 5.82 Å². The number of pyridine rings is 2. The van der Waals surface area contributed by atoms with Gasteiger partial charge in [-0.05, 0) is 29.7 Å². The first-order valence-electron chi connectivity index (χ1n) is 9.01. The molecule has 0 fully saturated rings. The van der Waals surface area contributed by atoms with Crippen LogP contribution in [0.2, 0.25) is 0 Å². The first-order chi connectivity index (χ1) is 13.5. The average molecular weight is 375 g/mol. The van der Waals surface area contributed by atoms with Gasteiger partial charge in [-0.2, -0.15) is 10.1 Å². The summed E-state index contributed by atoms with van der Waals surface area (Å²) < 4.78 is 7.17. The molecule has 28 heavy (non-hydrogen) atoms. The number of rotatable bonds is 5. The highest BCUT2D eigenvalue weighted by Crippen LogP contribution is 2.32. The molecule has 0 amide bonds. The number of hydrogen-bond donors (Lipinski definition) is 1. The lowest BCUT2D eigenvalue weighted by Gasteiger charge is -2.17. The lowest BCUT2D eigenvalue weighted by Crippen LogP contribution is -2.11. The molecule has 1 atom stereocenters. The molecular formula is C20H21N7O. The quantitative estimate of drug-likeness (QED) is 0.570. The summed E-state index contributed by atoms with van der Waals surface area (Å²) in [6.45, 7) is 4.26. The summed E-state index contributed by atoms with van der Waals surface area (Å²) in [6.07, 6.45) is 7.13. The van der Waals surface area contributed by atoms with E-state index in [1.54, 1.807) is 23.1 Å². The van der Waals surface area contributed by atoms with Gasteiger partial charge in [0.25, 0.3) is 5.89 Å². The molecule has 4 aromatic rings. The molecule has 0 aromatic carbocycles. The van der Waals surface area contributed by atoms with Crippen molar-refractivity contribution in [2.75, 3.05) is 5.73 Å². The van der Waals surface area contributed by atoms with Crippen molar-refractivity contribution in [3.8, 4) is 22.7 Å². The molecule has 0 unspecified atom stereocenters. The molecule has 142 valence electrons. The minimum Gasteiger partial charge on any atom is -0.384 e. The minimum absolute atomic E-state index is 0.0275. The molecular weight excluding hydrogens is 354 g/mol. The number of aromatic nitrogens is 6. The molecule has 0 aliphatic rings. The fourth-order valence-electron chi connectivity index (χ4n) is 3.16. The number of hydrogen-bond acceptors (Lipinski definition) is 7. The van der Waals surface area contributed by atoms with Gasteiger partial charge in [0.2, 0.25) is 0 Å². The normalized spacial score (nSPS) is 12.4. The summed E-state index contributed by atoms with van der Waals surface area (Å²) in [7, 11) is 1.85. The van der Waals surface area contributed by atoms with Crippen LogP contribution >= 0.6 is 0 Å². The highest BCUT2D eigenvalue weighted by Gasteiger charge is 2.25. The molecule has 8 heteroatoms. The second-order valence-corrected chi connectivity index (χ2v) is 7.03. The van der Waals surface area contributed by atoms with Gasteiger partial charge in [-0.1, -0.05) is 25.1 Å². The Morgan fingerprint density at radius 2 is 1.86 bits per heavy atom. The Bertz CT molecular complexity index is 1060. The molecule has 0 bridgehead atoms. The van der Waals surface area contributed by atoms with E-state index in [2.05, 4.69) is 39.1 Å². The van der Waals surface area contributed by atoms with Gasteiger partial charge in [-0.25, -0.2) is 4.98 Å². The summed E-state index contributed by atoms with van der Waals surface area (Å²) >= 11 is 0. The molecule has 4 aromatic heterocycles. The molecule has 8 nitrogen and oxygen atoms in total.